The van der Waals surface area contributed by atoms with E-state index in [0.717, 1.165) is 0 Å². The monoisotopic (exact) mass is 226 g/mol. The van der Waals surface area contributed by atoms with E-state index < -0.39 is 13.9 Å². The molecule has 0 aliphatic carbocycles. The second-order valence-electron chi connectivity index (χ2n) is 2.55. The number of carboxylic acid groups (broad SMARTS) is 1. The fourth-order valence-electron chi connectivity index (χ4n) is 1.12. The minimum atomic E-state index is -2.96. The molecule has 0 aromatic carbocycles. The summed E-state index contributed by atoms with van der Waals surface area (Å²) in [4.78, 5) is 10.6. The summed E-state index contributed by atoms with van der Waals surface area (Å²) in [5.41, 5.74) is 0. The van der Waals surface area contributed by atoms with Gasteiger partial charge in [0.15, 0.2) is 0 Å². The number of hydrogen-bond acceptors (Lipinski definition) is 4. The third-order valence-corrected chi connectivity index (χ3v) is 4.38. The van der Waals surface area contributed by atoms with Crippen molar-refractivity contribution in [2.45, 2.75) is 20.8 Å². The van der Waals surface area contributed by atoms with Crippen LogP contribution in [0.3, 0.4) is 0 Å². The van der Waals surface area contributed by atoms with Crippen LogP contribution >= 0.6 is 7.94 Å². The van der Waals surface area contributed by atoms with E-state index >= 15 is 0 Å². The Morgan fingerprint density at radius 2 is 1.43 bits per heavy atom. The van der Waals surface area contributed by atoms with E-state index in [1.54, 1.807) is 20.8 Å². The maximum absolute atomic E-state index is 10.6. The average Bonchev–Trinajstić information content (AvgIpc) is 2.03. The SMILES string of the molecule is CCO[PH](CC(=O)O)(OCC)OCC. The zero-order valence-electron chi connectivity index (χ0n) is 8.91. The van der Waals surface area contributed by atoms with Crippen molar-refractivity contribution in [3.8, 4) is 0 Å². The van der Waals surface area contributed by atoms with Gasteiger partial charge in [0.2, 0.25) is 0 Å². The Kier molecular flexibility index (Phi) is 7.01. The van der Waals surface area contributed by atoms with Gasteiger partial charge >= 0.3 is 84.1 Å². The van der Waals surface area contributed by atoms with Crippen molar-refractivity contribution in [1.29, 1.82) is 0 Å². The van der Waals surface area contributed by atoms with E-state index in [9.17, 15) is 4.79 Å². The third-order valence-electron chi connectivity index (χ3n) is 1.46. The molecule has 0 spiro atoms. The fourth-order valence-corrected chi connectivity index (χ4v) is 3.37. The molecular weight excluding hydrogens is 207 g/mol. The van der Waals surface area contributed by atoms with Crippen molar-refractivity contribution < 1.29 is 23.5 Å². The van der Waals surface area contributed by atoms with E-state index in [2.05, 4.69) is 0 Å². The first-order valence-electron chi connectivity index (χ1n) is 4.73. The Morgan fingerprint density at radius 3 is 1.64 bits per heavy atom. The van der Waals surface area contributed by atoms with Gasteiger partial charge in [0.05, 0.1) is 0 Å². The van der Waals surface area contributed by atoms with Gasteiger partial charge in [-0.1, -0.05) is 0 Å². The van der Waals surface area contributed by atoms with Crippen LogP contribution in [0.15, 0.2) is 0 Å². The molecule has 0 radical (unpaired) electrons. The molecule has 0 saturated carbocycles. The van der Waals surface area contributed by atoms with Crippen molar-refractivity contribution in [1.82, 2.24) is 0 Å². The molecule has 0 amide bonds. The van der Waals surface area contributed by atoms with E-state index in [1.807, 2.05) is 0 Å². The topological polar surface area (TPSA) is 65.0 Å². The summed E-state index contributed by atoms with van der Waals surface area (Å²) < 4.78 is 16.0. The van der Waals surface area contributed by atoms with Gasteiger partial charge in [-0.15, -0.1) is 0 Å². The number of hydrogen-bond donors (Lipinski definition) is 1. The first kappa shape index (κ1) is 13.8. The second-order valence-corrected chi connectivity index (χ2v) is 5.14. The molecule has 0 rings (SSSR count). The van der Waals surface area contributed by atoms with Crippen LogP contribution in [0.2, 0.25) is 0 Å². The van der Waals surface area contributed by atoms with Crippen molar-refractivity contribution >= 4 is 13.9 Å². The van der Waals surface area contributed by atoms with Gasteiger partial charge in [-0.05, 0) is 0 Å². The molecule has 0 aliphatic rings. The summed E-state index contributed by atoms with van der Waals surface area (Å²) >= 11 is 0. The molecule has 0 aliphatic heterocycles. The summed E-state index contributed by atoms with van der Waals surface area (Å²) in [5.74, 6) is -0.952. The zero-order valence-corrected chi connectivity index (χ0v) is 9.91. The van der Waals surface area contributed by atoms with Crippen LogP contribution in [-0.2, 0) is 18.4 Å². The molecule has 0 bridgehead atoms. The van der Waals surface area contributed by atoms with Crippen LogP contribution in [0, 0.1) is 0 Å². The predicted octanol–water partition coefficient (Wildman–Crippen LogP) is 1.68. The van der Waals surface area contributed by atoms with Gasteiger partial charge in [0.1, 0.15) is 0 Å². The molecule has 0 aromatic rings. The quantitative estimate of drug-likeness (QED) is 0.638. The molecule has 6 heteroatoms. The molecule has 5 nitrogen and oxygen atoms in total. The summed E-state index contributed by atoms with van der Waals surface area (Å²) in [5, 5.41) is 8.72. The molecule has 0 aromatic heterocycles. The standard InChI is InChI=1S/C8H19O5P/c1-4-11-14(12-5-2,13-6-3)7-8(9)10/h14H,4-7H2,1-3H3,(H,9,10). The molecule has 0 unspecified atom stereocenters. The van der Waals surface area contributed by atoms with Crippen LogP contribution in [0.1, 0.15) is 20.8 Å². The molecule has 14 heavy (non-hydrogen) atoms. The summed E-state index contributed by atoms with van der Waals surface area (Å²) in [6, 6.07) is 0. The van der Waals surface area contributed by atoms with Crippen molar-refractivity contribution in [2.75, 3.05) is 26.0 Å². The van der Waals surface area contributed by atoms with Crippen LogP contribution in [0.5, 0.6) is 0 Å². The van der Waals surface area contributed by atoms with Crippen molar-refractivity contribution in [2.24, 2.45) is 0 Å². The summed E-state index contributed by atoms with van der Waals surface area (Å²) in [7, 11) is -2.96. The molecule has 86 valence electrons. The predicted molar refractivity (Wildman–Crippen MR) is 55.7 cm³/mol. The van der Waals surface area contributed by atoms with Crippen LogP contribution in [0.4, 0.5) is 0 Å². The zero-order chi connectivity index (χ0) is 11.0. The normalized spacial score (nSPS) is 12.8. The number of rotatable bonds is 8. The van der Waals surface area contributed by atoms with Gasteiger partial charge in [-0.3, -0.25) is 0 Å². The number of carbonyl (C=O) groups is 1. The van der Waals surface area contributed by atoms with Crippen molar-refractivity contribution in [3.63, 3.8) is 0 Å². The van der Waals surface area contributed by atoms with Crippen LogP contribution < -0.4 is 0 Å². The molecule has 0 heterocycles. The number of aliphatic carboxylic acids is 1. The van der Waals surface area contributed by atoms with Gasteiger partial charge < -0.3 is 0 Å². The summed E-state index contributed by atoms with van der Waals surface area (Å²) in [6.45, 7) is 6.59. The Morgan fingerprint density at radius 1 is 1.07 bits per heavy atom. The Labute approximate surface area is 84.9 Å². The average molecular weight is 226 g/mol. The molecule has 0 saturated heterocycles. The van der Waals surface area contributed by atoms with Gasteiger partial charge in [-0.2, -0.15) is 0 Å². The molecule has 0 fully saturated rings. The first-order valence-corrected chi connectivity index (χ1v) is 6.67. The Balaban J connectivity index is 4.45. The van der Waals surface area contributed by atoms with Gasteiger partial charge in [-0.25, -0.2) is 0 Å². The Bertz CT molecular complexity index is 156. The number of carboxylic acids is 1. The van der Waals surface area contributed by atoms with Crippen LogP contribution in [0.25, 0.3) is 0 Å². The van der Waals surface area contributed by atoms with E-state index in [1.165, 1.54) is 0 Å². The molecule has 0 atom stereocenters. The third kappa shape index (κ3) is 4.86. The minimum absolute atomic E-state index is 0.178. The van der Waals surface area contributed by atoms with E-state index in [0.29, 0.717) is 19.8 Å². The van der Waals surface area contributed by atoms with E-state index in [-0.39, 0.29) is 6.16 Å². The summed E-state index contributed by atoms with van der Waals surface area (Å²) in [6.07, 6.45) is -0.178. The van der Waals surface area contributed by atoms with Crippen molar-refractivity contribution in [3.05, 3.63) is 0 Å². The van der Waals surface area contributed by atoms with Gasteiger partial charge in [0.25, 0.3) is 0 Å². The van der Waals surface area contributed by atoms with E-state index in [4.69, 9.17) is 18.7 Å². The molecular formula is C8H19O5P. The Hall–Kier alpha value is -0.220. The second kappa shape index (κ2) is 7.12. The van der Waals surface area contributed by atoms with Crippen LogP contribution in [-0.4, -0.2) is 37.1 Å². The van der Waals surface area contributed by atoms with Gasteiger partial charge in [0, 0.05) is 0 Å². The first-order chi connectivity index (χ1) is 6.60. The fraction of sp³-hybridized carbons (Fsp3) is 0.875. The maximum atomic E-state index is 10.6. The molecule has 1 N–H and O–H groups in total.